The molecule has 0 bridgehead atoms. The van der Waals surface area contributed by atoms with Crippen LogP contribution < -0.4 is 15.8 Å². The van der Waals surface area contributed by atoms with E-state index in [9.17, 15) is 4.79 Å². The minimum atomic E-state index is -0.0701. The number of ether oxygens (including phenoxy) is 2. The molecule has 1 aliphatic heterocycles. The van der Waals surface area contributed by atoms with Crippen molar-refractivity contribution in [2.45, 2.75) is 18.9 Å². The Morgan fingerprint density at radius 3 is 3.21 bits per heavy atom. The fraction of sp³-hybridized carbons (Fsp3) is 0.500. The zero-order valence-electron chi connectivity index (χ0n) is 11.1. The van der Waals surface area contributed by atoms with E-state index in [4.69, 9.17) is 15.2 Å². The zero-order valence-corrected chi connectivity index (χ0v) is 11.1. The van der Waals surface area contributed by atoms with Crippen molar-refractivity contribution in [2.24, 2.45) is 5.73 Å². The van der Waals surface area contributed by atoms with Crippen LogP contribution in [-0.2, 0) is 11.2 Å². The van der Waals surface area contributed by atoms with E-state index in [-0.39, 0.29) is 11.9 Å². The highest BCUT2D eigenvalue weighted by Crippen LogP contribution is 2.25. The summed E-state index contributed by atoms with van der Waals surface area (Å²) < 4.78 is 10.4. The van der Waals surface area contributed by atoms with E-state index in [1.54, 1.807) is 13.2 Å². The van der Waals surface area contributed by atoms with Gasteiger partial charge in [0.05, 0.1) is 13.2 Å². The minimum Gasteiger partial charge on any atom is -0.493 e. The number of rotatable bonds is 6. The Balaban J connectivity index is 1.83. The van der Waals surface area contributed by atoms with Crippen LogP contribution in [0.15, 0.2) is 18.2 Å². The highest BCUT2D eigenvalue weighted by atomic mass is 16.5. The monoisotopic (exact) mass is 264 g/mol. The van der Waals surface area contributed by atoms with Crippen LogP contribution in [0.4, 0.5) is 0 Å². The number of carbonyl (C=O) groups is 1. The third kappa shape index (κ3) is 3.68. The lowest BCUT2D eigenvalue weighted by atomic mass is 10.1. The SMILES string of the molecule is COCC(N)CCNC(=O)c1ccc2c(c1)CCO2. The van der Waals surface area contributed by atoms with Crippen molar-refractivity contribution in [3.63, 3.8) is 0 Å². The Morgan fingerprint density at radius 2 is 2.42 bits per heavy atom. The molecule has 0 aromatic heterocycles. The van der Waals surface area contributed by atoms with Crippen molar-refractivity contribution in [3.05, 3.63) is 29.3 Å². The molecule has 104 valence electrons. The lowest BCUT2D eigenvalue weighted by Crippen LogP contribution is -2.32. The average molecular weight is 264 g/mol. The molecular weight excluding hydrogens is 244 g/mol. The molecule has 1 heterocycles. The summed E-state index contributed by atoms with van der Waals surface area (Å²) in [6.45, 7) is 1.76. The Hall–Kier alpha value is -1.59. The third-order valence-electron chi connectivity index (χ3n) is 3.13. The number of nitrogens with one attached hydrogen (secondary N) is 1. The Labute approximate surface area is 113 Å². The van der Waals surface area contributed by atoms with Crippen LogP contribution in [0.25, 0.3) is 0 Å². The van der Waals surface area contributed by atoms with Crippen LogP contribution in [0, 0.1) is 0 Å². The molecule has 19 heavy (non-hydrogen) atoms. The normalized spacial score (nSPS) is 14.6. The van der Waals surface area contributed by atoms with Gasteiger partial charge in [-0.15, -0.1) is 0 Å². The number of carbonyl (C=O) groups excluding carboxylic acids is 1. The second-order valence-corrected chi connectivity index (χ2v) is 4.68. The summed E-state index contributed by atoms with van der Waals surface area (Å²) in [6.07, 6.45) is 1.57. The molecule has 0 radical (unpaired) electrons. The lowest BCUT2D eigenvalue weighted by Gasteiger charge is -2.11. The molecule has 0 spiro atoms. The van der Waals surface area contributed by atoms with Crippen molar-refractivity contribution in [1.82, 2.24) is 5.32 Å². The van der Waals surface area contributed by atoms with Crippen molar-refractivity contribution in [2.75, 3.05) is 26.9 Å². The molecule has 5 heteroatoms. The molecule has 0 saturated heterocycles. The number of hydrogen-bond acceptors (Lipinski definition) is 4. The lowest BCUT2D eigenvalue weighted by molar-refractivity contribution is 0.0950. The van der Waals surface area contributed by atoms with Gasteiger partial charge in [-0.3, -0.25) is 4.79 Å². The van der Waals surface area contributed by atoms with Gasteiger partial charge in [0.2, 0.25) is 0 Å². The van der Waals surface area contributed by atoms with E-state index in [0.29, 0.717) is 31.7 Å². The minimum absolute atomic E-state index is 0.0429. The molecule has 1 aromatic rings. The smallest absolute Gasteiger partial charge is 0.251 e. The summed E-state index contributed by atoms with van der Waals surface area (Å²) >= 11 is 0. The number of methoxy groups -OCH3 is 1. The Morgan fingerprint density at radius 1 is 1.58 bits per heavy atom. The highest BCUT2D eigenvalue weighted by molar-refractivity contribution is 5.94. The van der Waals surface area contributed by atoms with Crippen molar-refractivity contribution >= 4 is 5.91 Å². The molecule has 0 aliphatic carbocycles. The zero-order chi connectivity index (χ0) is 13.7. The molecule has 1 atom stereocenters. The van der Waals surface area contributed by atoms with E-state index in [2.05, 4.69) is 5.32 Å². The molecule has 1 unspecified atom stereocenters. The Bertz CT molecular complexity index is 448. The van der Waals surface area contributed by atoms with Gasteiger partial charge in [0, 0.05) is 31.7 Å². The number of fused-ring (bicyclic) bond motifs is 1. The van der Waals surface area contributed by atoms with Gasteiger partial charge in [0.15, 0.2) is 0 Å². The molecule has 2 rings (SSSR count). The first-order valence-corrected chi connectivity index (χ1v) is 6.49. The van der Waals surface area contributed by atoms with Crippen LogP contribution in [0.5, 0.6) is 5.75 Å². The first-order valence-electron chi connectivity index (χ1n) is 6.49. The molecular formula is C14H20N2O3. The fourth-order valence-electron chi connectivity index (χ4n) is 2.10. The van der Waals surface area contributed by atoms with Gasteiger partial charge in [0.25, 0.3) is 5.91 Å². The molecule has 1 aliphatic rings. The quantitative estimate of drug-likeness (QED) is 0.794. The maximum Gasteiger partial charge on any atom is 0.251 e. The van der Waals surface area contributed by atoms with Gasteiger partial charge in [-0.2, -0.15) is 0 Å². The highest BCUT2D eigenvalue weighted by Gasteiger charge is 2.14. The second kappa shape index (κ2) is 6.54. The first kappa shape index (κ1) is 13.8. The van der Waals surface area contributed by atoms with E-state index < -0.39 is 0 Å². The molecule has 3 N–H and O–H groups in total. The van der Waals surface area contributed by atoms with Gasteiger partial charge < -0.3 is 20.5 Å². The van der Waals surface area contributed by atoms with Crippen molar-refractivity contribution in [3.8, 4) is 5.75 Å². The largest absolute Gasteiger partial charge is 0.493 e. The predicted octanol–water partition coefficient (Wildman–Crippen LogP) is 0.715. The summed E-state index contributed by atoms with van der Waals surface area (Å²) in [4.78, 5) is 12.0. The summed E-state index contributed by atoms with van der Waals surface area (Å²) in [5.74, 6) is 0.818. The molecule has 1 amide bonds. The summed E-state index contributed by atoms with van der Waals surface area (Å²) in [7, 11) is 1.62. The third-order valence-corrected chi connectivity index (χ3v) is 3.13. The number of nitrogens with two attached hydrogens (primary N) is 1. The van der Waals surface area contributed by atoms with Crippen LogP contribution in [-0.4, -0.2) is 38.8 Å². The van der Waals surface area contributed by atoms with E-state index >= 15 is 0 Å². The summed E-state index contributed by atoms with van der Waals surface area (Å²) in [5, 5.41) is 2.86. The van der Waals surface area contributed by atoms with Gasteiger partial charge >= 0.3 is 0 Å². The second-order valence-electron chi connectivity index (χ2n) is 4.68. The van der Waals surface area contributed by atoms with Crippen LogP contribution in [0.2, 0.25) is 0 Å². The van der Waals surface area contributed by atoms with Gasteiger partial charge in [-0.1, -0.05) is 0 Å². The van der Waals surface area contributed by atoms with Crippen LogP contribution in [0.3, 0.4) is 0 Å². The fourth-order valence-corrected chi connectivity index (χ4v) is 2.10. The molecule has 1 aromatic carbocycles. The predicted molar refractivity (Wildman–Crippen MR) is 72.4 cm³/mol. The summed E-state index contributed by atoms with van der Waals surface area (Å²) in [6, 6.07) is 5.49. The van der Waals surface area contributed by atoms with Gasteiger partial charge in [0.1, 0.15) is 5.75 Å². The Kier molecular flexibility index (Phi) is 4.76. The van der Waals surface area contributed by atoms with Crippen LogP contribution >= 0.6 is 0 Å². The molecule has 5 nitrogen and oxygen atoms in total. The van der Waals surface area contributed by atoms with Gasteiger partial charge in [-0.25, -0.2) is 0 Å². The summed E-state index contributed by atoms with van der Waals surface area (Å²) in [5.41, 5.74) is 7.56. The number of amides is 1. The average Bonchev–Trinajstić information content (AvgIpc) is 2.86. The standard InChI is InChI=1S/C14H20N2O3/c1-18-9-12(15)4-6-16-14(17)11-2-3-13-10(8-11)5-7-19-13/h2-3,8,12H,4-7,9,15H2,1H3,(H,16,17). The van der Waals surface area contributed by atoms with Crippen molar-refractivity contribution < 1.29 is 14.3 Å². The van der Waals surface area contributed by atoms with Crippen LogP contribution in [0.1, 0.15) is 22.3 Å². The van der Waals surface area contributed by atoms with E-state index in [1.807, 2.05) is 12.1 Å². The number of hydrogen-bond donors (Lipinski definition) is 2. The van der Waals surface area contributed by atoms with Crippen molar-refractivity contribution in [1.29, 1.82) is 0 Å². The maximum absolute atomic E-state index is 12.0. The molecule has 0 saturated carbocycles. The maximum atomic E-state index is 12.0. The van der Waals surface area contributed by atoms with E-state index in [0.717, 1.165) is 17.7 Å². The number of benzene rings is 1. The van der Waals surface area contributed by atoms with E-state index in [1.165, 1.54) is 0 Å². The van der Waals surface area contributed by atoms with Gasteiger partial charge in [-0.05, 0) is 30.2 Å². The first-order chi connectivity index (χ1) is 9.20. The topological polar surface area (TPSA) is 73.6 Å². The molecule has 0 fully saturated rings.